The molecule has 0 radical (unpaired) electrons. The van der Waals surface area contributed by atoms with Crippen LogP contribution in [0.3, 0.4) is 0 Å². The molecular formula is C23H18ClN3OS3. The van der Waals surface area contributed by atoms with E-state index in [1.54, 1.807) is 11.3 Å². The molecular weight excluding hydrogens is 466 g/mol. The Morgan fingerprint density at radius 2 is 2.03 bits per heavy atom. The van der Waals surface area contributed by atoms with Crippen molar-refractivity contribution in [2.24, 2.45) is 0 Å². The van der Waals surface area contributed by atoms with E-state index in [1.165, 1.54) is 38.5 Å². The molecule has 1 unspecified atom stereocenters. The molecule has 8 heteroatoms. The molecule has 2 N–H and O–H groups in total. The van der Waals surface area contributed by atoms with Crippen molar-refractivity contribution in [2.75, 3.05) is 6.54 Å². The summed E-state index contributed by atoms with van der Waals surface area (Å²) >= 11 is 10.8. The van der Waals surface area contributed by atoms with Crippen molar-refractivity contribution in [3.63, 3.8) is 0 Å². The summed E-state index contributed by atoms with van der Waals surface area (Å²) in [5.41, 5.74) is 3.08. The molecule has 5 aromatic rings. The highest BCUT2D eigenvalue weighted by molar-refractivity contribution is 7.23. The quantitative estimate of drug-likeness (QED) is 0.275. The lowest BCUT2D eigenvalue weighted by Gasteiger charge is -2.16. The molecule has 4 aromatic heterocycles. The summed E-state index contributed by atoms with van der Waals surface area (Å²) < 4.78 is 0.737. The summed E-state index contributed by atoms with van der Waals surface area (Å²) in [6.07, 6.45) is 2.32. The maximum Gasteiger partial charge on any atom is 0.226 e. The topological polar surface area (TPSA) is 57.8 Å². The summed E-state index contributed by atoms with van der Waals surface area (Å²) in [6, 6.07) is 16.3. The molecule has 0 bridgehead atoms. The Morgan fingerprint density at radius 3 is 2.84 bits per heavy atom. The molecule has 0 aliphatic rings. The highest BCUT2D eigenvalue weighted by Gasteiger charge is 2.20. The Labute approximate surface area is 196 Å². The first-order valence-electron chi connectivity index (χ1n) is 9.73. The van der Waals surface area contributed by atoms with Crippen molar-refractivity contribution >= 4 is 62.4 Å². The summed E-state index contributed by atoms with van der Waals surface area (Å²) in [6.45, 7) is 0.540. The first-order valence-corrected chi connectivity index (χ1v) is 12.7. The van der Waals surface area contributed by atoms with Crippen LogP contribution < -0.4 is 5.32 Å². The van der Waals surface area contributed by atoms with E-state index in [2.05, 4.69) is 51.1 Å². The number of aromatic nitrogens is 2. The standard InChI is InChI=1S/C23H18ClN3OS3/c24-21-8-7-20(31-21)23-27-14(13-30-23)10-22(28)26-12-17(19-6-3-9-29-19)16-11-25-18-5-2-1-4-15(16)18/h1-9,11,13,17,25H,10,12H2,(H,26,28). The third-order valence-corrected chi connectivity index (χ3v) is 8.34. The molecule has 0 aliphatic carbocycles. The normalized spacial score (nSPS) is 12.3. The van der Waals surface area contributed by atoms with Gasteiger partial charge in [-0.2, -0.15) is 0 Å². The molecule has 4 nitrogen and oxygen atoms in total. The first-order chi connectivity index (χ1) is 15.2. The number of halogens is 1. The average molecular weight is 484 g/mol. The molecule has 0 saturated carbocycles. The van der Waals surface area contributed by atoms with Gasteiger partial charge in [-0.15, -0.1) is 34.0 Å². The minimum absolute atomic E-state index is 0.0255. The van der Waals surface area contributed by atoms with Gasteiger partial charge >= 0.3 is 0 Å². The highest BCUT2D eigenvalue weighted by Crippen LogP contribution is 2.34. The number of thiophene rings is 2. The monoisotopic (exact) mass is 483 g/mol. The maximum atomic E-state index is 12.7. The summed E-state index contributed by atoms with van der Waals surface area (Å²) in [5.74, 6) is 0.0711. The summed E-state index contributed by atoms with van der Waals surface area (Å²) in [5, 5.41) is 9.23. The van der Waals surface area contributed by atoms with Crippen LogP contribution in [-0.4, -0.2) is 22.4 Å². The van der Waals surface area contributed by atoms with E-state index in [9.17, 15) is 4.79 Å². The zero-order valence-electron chi connectivity index (χ0n) is 16.3. The van der Waals surface area contributed by atoms with Crippen LogP contribution in [-0.2, 0) is 11.2 Å². The smallest absolute Gasteiger partial charge is 0.226 e. The van der Waals surface area contributed by atoms with Gasteiger partial charge in [-0.1, -0.05) is 35.9 Å². The zero-order valence-corrected chi connectivity index (χ0v) is 19.5. The van der Waals surface area contributed by atoms with Gasteiger partial charge in [0.05, 0.1) is 21.3 Å². The highest BCUT2D eigenvalue weighted by atomic mass is 35.5. The Morgan fingerprint density at radius 1 is 1.13 bits per heavy atom. The molecule has 0 aliphatic heterocycles. The number of thiazole rings is 1. The van der Waals surface area contributed by atoms with Gasteiger partial charge in [-0.05, 0) is 35.2 Å². The second kappa shape index (κ2) is 8.96. The Bertz CT molecular complexity index is 1320. The minimum Gasteiger partial charge on any atom is -0.361 e. The van der Waals surface area contributed by atoms with E-state index in [0.717, 1.165) is 25.4 Å². The summed E-state index contributed by atoms with van der Waals surface area (Å²) in [7, 11) is 0. The number of benzene rings is 1. The van der Waals surface area contributed by atoms with E-state index >= 15 is 0 Å². The predicted molar refractivity (Wildman–Crippen MR) is 132 cm³/mol. The van der Waals surface area contributed by atoms with Crippen LogP contribution in [0.15, 0.2) is 65.5 Å². The molecule has 31 heavy (non-hydrogen) atoms. The number of aromatic amines is 1. The van der Waals surface area contributed by atoms with Crippen LogP contribution in [0.5, 0.6) is 0 Å². The van der Waals surface area contributed by atoms with Crippen molar-refractivity contribution in [2.45, 2.75) is 12.3 Å². The lowest BCUT2D eigenvalue weighted by atomic mass is 9.96. The van der Waals surface area contributed by atoms with Crippen LogP contribution in [0, 0.1) is 0 Å². The third kappa shape index (κ3) is 4.45. The number of nitrogens with one attached hydrogen (secondary N) is 2. The van der Waals surface area contributed by atoms with Crippen molar-refractivity contribution in [1.29, 1.82) is 0 Å². The van der Waals surface area contributed by atoms with Gasteiger partial charge in [0.1, 0.15) is 5.01 Å². The number of carbonyl (C=O) groups excluding carboxylic acids is 1. The van der Waals surface area contributed by atoms with Crippen LogP contribution in [0.25, 0.3) is 20.8 Å². The Balaban J connectivity index is 1.30. The number of nitrogens with zero attached hydrogens (tertiary/aromatic N) is 1. The number of fused-ring (bicyclic) bond motifs is 1. The molecule has 1 amide bonds. The minimum atomic E-state index is -0.0255. The van der Waals surface area contributed by atoms with Crippen LogP contribution >= 0.6 is 45.6 Å². The van der Waals surface area contributed by atoms with Gasteiger partial charge in [-0.25, -0.2) is 4.98 Å². The number of hydrogen-bond acceptors (Lipinski definition) is 5. The molecule has 0 fully saturated rings. The predicted octanol–water partition coefficient (Wildman–Crippen LogP) is 6.56. The SMILES string of the molecule is O=C(Cc1csc(-c2ccc(Cl)s2)n1)NCC(c1cccs1)c1c[nH]c2ccccc12. The second-order valence-electron chi connectivity index (χ2n) is 7.09. The molecule has 156 valence electrons. The van der Waals surface area contributed by atoms with Crippen molar-refractivity contribution in [3.8, 4) is 9.88 Å². The van der Waals surface area contributed by atoms with Gasteiger partial charge in [0, 0.05) is 39.8 Å². The maximum absolute atomic E-state index is 12.7. The van der Waals surface area contributed by atoms with E-state index in [-0.39, 0.29) is 18.2 Å². The van der Waals surface area contributed by atoms with Gasteiger partial charge in [0.2, 0.25) is 5.91 Å². The van der Waals surface area contributed by atoms with E-state index < -0.39 is 0 Å². The van der Waals surface area contributed by atoms with Crippen LogP contribution in [0.4, 0.5) is 0 Å². The Kier molecular flexibility index (Phi) is 5.91. The number of H-pyrrole nitrogens is 1. The fourth-order valence-electron chi connectivity index (χ4n) is 3.61. The van der Waals surface area contributed by atoms with Crippen LogP contribution in [0.1, 0.15) is 22.1 Å². The average Bonchev–Trinajstić information content (AvgIpc) is 3.56. The van der Waals surface area contributed by atoms with Gasteiger partial charge in [0.25, 0.3) is 0 Å². The van der Waals surface area contributed by atoms with E-state index in [0.29, 0.717) is 6.54 Å². The van der Waals surface area contributed by atoms with Crippen molar-refractivity contribution < 1.29 is 4.79 Å². The molecule has 5 rings (SSSR count). The third-order valence-electron chi connectivity index (χ3n) is 5.06. The second-order valence-corrected chi connectivity index (χ2v) is 10.6. The number of rotatable bonds is 7. The Hall–Kier alpha value is -2.45. The van der Waals surface area contributed by atoms with Gasteiger partial charge in [0.15, 0.2) is 0 Å². The van der Waals surface area contributed by atoms with E-state index in [1.807, 2.05) is 29.6 Å². The molecule has 4 heterocycles. The van der Waals surface area contributed by atoms with Crippen LogP contribution in [0.2, 0.25) is 4.34 Å². The van der Waals surface area contributed by atoms with Gasteiger partial charge < -0.3 is 10.3 Å². The fourth-order valence-corrected chi connectivity index (χ4v) is 6.39. The molecule has 0 spiro atoms. The lowest BCUT2D eigenvalue weighted by molar-refractivity contribution is -0.120. The molecule has 1 aromatic carbocycles. The zero-order chi connectivity index (χ0) is 21.2. The van der Waals surface area contributed by atoms with Gasteiger partial charge in [-0.3, -0.25) is 4.79 Å². The number of carbonyl (C=O) groups is 1. The first kappa shape index (κ1) is 20.5. The van der Waals surface area contributed by atoms with Crippen molar-refractivity contribution in [3.05, 3.63) is 86.0 Å². The number of amides is 1. The van der Waals surface area contributed by atoms with Crippen molar-refractivity contribution in [1.82, 2.24) is 15.3 Å². The molecule has 1 atom stereocenters. The number of para-hydroxylation sites is 1. The largest absolute Gasteiger partial charge is 0.361 e. The lowest BCUT2D eigenvalue weighted by Crippen LogP contribution is -2.30. The number of hydrogen-bond donors (Lipinski definition) is 2. The fraction of sp³-hybridized carbons (Fsp3) is 0.130. The summed E-state index contributed by atoms with van der Waals surface area (Å²) in [4.78, 5) is 22.9. The molecule has 0 saturated heterocycles. The van der Waals surface area contributed by atoms with E-state index in [4.69, 9.17) is 11.6 Å².